The summed E-state index contributed by atoms with van der Waals surface area (Å²) in [5.41, 5.74) is 2.25. The molecule has 0 unspecified atom stereocenters. The van der Waals surface area contributed by atoms with Gasteiger partial charge in [-0.05, 0) is 24.3 Å². The molecule has 1 amide bonds. The minimum Gasteiger partial charge on any atom is -0.354 e. The molecule has 3 aromatic rings. The monoisotopic (exact) mass is 314 g/mol. The molecule has 0 fully saturated rings. The van der Waals surface area contributed by atoms with E-state index in [2.05, 4.69) is 30.6 Å². The Morgan fingerprint density at radius 2 is 2.00 bits per heavy atom. The zero-order valence-electron chi connectivity index (χ0n) is 11.5. The number of anilines is 2. The van der Waals surface area contributed by atoms with E-state index in [1.54, 1.807) is 37.5 Å². The van der Waals surface area contributed by atoms with E-state index >= 15 is 0 Å². The van der Waals surface area contributed by atoms with Crippen LogP contribution in [-0.4, -0.2) is 32.9 Å². The first-order valence-corrected chi connectivity index (χ1v) is 6.77. The molecule has 0 atom stereocenters. The minimum atomic E-state index is -0.243. The van der Waals surface area contributed by atoms with E-state index in [1.165, 1.54) is 6.33 Å². The van der Waals surface area contributed by atoms with Crippen molar-refractivity contribution in [3.8, 4) is 0 Å². The van der Waals surface area contributed by atoms with Crippen LogP contribution in [0.25, 0.3) is 11.0 Å². The van der Waals surface area contributed by atoms with Crippen molar-refractivity contribution < 1.29 is 4.79 Å². The summed E-state index contributed by atoms with van der Waals surface area (Å²) in [4.78, 5) is 28.1. The third kappa shape index (κ3) is 2.79. The van der Waals surface area contributed by atoms with Gasteiger partial charge in [0.1, 0.15) is 22.7 Å². The van der Waals surface area contributed by atoms with Gasteiger partial charge in [0.05, 0.1) is 17.4 Å². The molecule has 110 valence electrons. The Hall–Kier alpha value is -2.80. The third-order valence-corrected chi connectivity index (χ3v) is 3.14. The Kier molecular flexibility index (Phi) is 3.80. The molecule has 0 aromatic carbocycles. The number of nitrogens with zero attached hydrogens (tertiary/aromatic N) is 4. The first kappa shape index (κ1) is 14.2. The molecule has 0 aliphatic rings. The van der Waals surface area contributed by atoms with E-state index in [0.29, 0.717) is 33.4 Å². The maximum absolute atomic E-state index is 11.5. The van der Waals surface area contributed by atoms with Crippen LogP contribution in [0.1, 0.15) is 10.5 Å². The van der Waals surface area contributed by atoms with Gasteiger partial charge in [-0.3, -0.25) is 4.79 Å². The van der Waals surface area contributed by atoms with Crippen LogP contribution in [0.2, 0.25) is 5.15 Å². The van der Waals surface area contributed by atoms with Gasteiger partial charge in [0, 0.05) is 7.05 Å². The zero-order chi connectivity index (χ0) is 15.5. The van der Waals surface area contributed by atoms with E-state index in [1.807, 2.05) is 0 Å². The number of fused-ring (bicyclic) bond motifs is 1. The topological polar surface area (TPSA) is 92.7 Å². The zero-order valence-corrected chi connectivity index (χ0v) is 12.3. The van der Waals surface area contributed by atoms with E-state index in [9.17, 15) is 4.79 Å². The summed E-state index contributed by atoms with van der Waals surface area (Å²) in [6.45, 7) is 0. The van der Waals surface area contributed by atoms with Crippen LogP contribution in [0, 0.1) is 0 Å². The number of hydrogen-bond donors (Lipinski definition) is 2. The third-order valence-electron chi connectivity index (χ3n) is 2.93. The van der Waals surface area contributed by atoms with Gasteiger partial charge in [-0.25, -0.2) is 19.9 Å². The Morgan fingerprint density at radius 1 is 1.14 bits per heavy atom. The highest BCUT2D eigenvalue weighted by Crippen LogP contribution is 2.22. The predicted octanol–water partition coefficient (Wildman–Crippen LogP) is 2.18. The van der Waals surface area contributed by atoms with E-state index in [4.69, 9.17) is 11.6 Å². The van der Waals surface area contributed by atoms with E-state index in [0.717, 1.165) is 0 Å². The number of hydrogen-bond acceptors (Lipinski definition) is 6. The number of halogens is 1. The van der Waals surface area contributed by atoms with Crippen LogP contribution in [-0.2, 0) is 0 Å². The normalized spacial score (nSPS) is 10.5. The molecule has 8 heteroatoms. The molecule has 3 aromatic heterocycles. The van der Waals surface area contributed by atoms with Crippen molar-refractivity contribution in [1.82, 2.24) is 25.3 Å². The highest BCUT2D eigenvalue weighted by Gasteiger charge is 2.08. The molecular weight excluding hydrogens is 304 g/mol. The van der Waals surface area contributed by atoms with Crippen LogP contribution >= 0.6 is 11.6 Å². The number of nitrogens with one attached hydrogen (secondary N) is 2. The Labute approximate surface area is 130 Å². The average Bonchev–Trinajstić information content (AvgIpc) is 2.55. The van der Waals surface area contributed by atoms with Gasteiger partial charge in [-0.2, -0.15) is 0 Å². The molecule has 7 nitrogen and oxygen atoms in total. The molecule has 2 N–H and O–H groups in total. The fraction of sp³-hybridized carbons (Fsp3) is 0.0714. The second kappa shape index (κ2) is 5.90. The van der Waals surface area contributed by atoms with Gasteiger partial charge in [0.25, 0.3) is 5.91 Å². The molecule has 3 rings (SSSR count). The van der Waals surface area contributed by atoms with Gasteiger partial charge in [-0.1, -0.05) is 11.6 Å². The fourth-order valence-corrected chi connectivity index (χ4v) is 2.02. The van der Waals surface area contributed by atoms with Crippen molar-refractivity contribution in [3.63, 3.8) is 0 Å². The van der Waals surface area contributed by atoms with Crippen LogP contribution in [0.3, 0.4) is 0 Å². The smallest absolute Gasteiger partial charge is 0.269 e. The number of amides is 1. The number of aromatic nitrogens is 4. The summed E-state index contributed by atoms with van der Waals surface area (Å²) >= 11 is 5.91. The average molecular weight is 315 g/mol. The quantitative estimate of drug-likeness (QED) is 0.720. The summed E-state index contributed by atoms with van der Waals surface area (Å²) in [5, 5.41) is 5.97. The van der Waals surface area contributed by atoms with Crippen molar-refractivity contribution in [2.45, 2.75) is 0 Å². The highest BCUT2D eigenvalue weighted by atomic mass is 35.5. The maximum Gasteiger partial charge on any atom is 0.269 e. The van der Waals surface area contributed by atoms with Gasteiger partial charge in [0.15, 0.2) is 5.82 Å². The maximum atomic E-state index is 11.5. The molecule has 0 saturated heterocycles. The van der Waals surface area contributed by atoms with E-state index in [-0.39, 0.29) is 5.91 Å². The Bertz CT molecular complexity index is 836. The summed E-state index contributed by atoms with van der Waals surface area (Å²) in [6, 6.07) is 6.78. The molecule has 0 spiro atoms. The van der Waals surface area contributed by atoms with Crippen LogP contribution < -0.4 is 10.6 Å². The first-order chi connectivity index (χ1) is 10.7. The van der Waals surface area contributed by atoms with Crippen molar-refractivity contribution in [2.24, 2.45) is 0 Å². The van der Waals surface area contributed by atoms with Crippen LogP contribution in [0.4, 0.5) is 11.5 Å². The molecule has 0 saturated carbocycles. The lowest BCUT2D eigenvalue weighted by molar-refractivity contribution is 0.0958. The second-order valence-electron chi connectivity index (χ2n) is 4.36. The Morgan fingerprint density at radius 3 is 2.73 bits per heavy atom. The number of rotatable bonds is 3. The van der Waals surface area contributed by atoms with Crippen molar-refractivity contribution in [3.05, 3.63) is 47.6 Å². The highest BCUT2D eigenvalue weighted by molar-refractivity contribution is 6.29. The largest absolute Gasteiger partial charge is 0.354 e. The number of carbonyl (C=O) groups excluding carboxylic acids is 1. The lowest BCUT2D eigenvalue weighted by Gasteiger charge is -2.08. The Balaban J connectivity index is 1.93. The lowest BCUT2D eigenvalue weighted by Crippen LogP contribution is -2.18. The summed E-state index contributed by atoms with van der Waals surface area (Å²) in [7, 11) is 1.55. The van der Waals surface area contributed by atoms with Gasteiger partial charge < -0.3 is 10.6 Å². The minimum absolute atomic E-state index is 0.243. The summed E-state index contributed by atoms with van der Waals surface area (Å²) in [6.07, 6.45) is 2.98. The van der Waals surface area contributed by atoms with Gasteiger partial charge in [-0.15, -0.1) is 0 Å². The van der Waals surface area contributed by atoms with Crippen molar-refractivity contribution in [2.75, 3.05) is 12.4 Å². The standard InChI is InChI=1S/C14H11ClN6O/c1-16-14(22)10-3-2-8(6-17-10)20-13-12-9(18-7-19-13)4-5-11(15)21-12/h2-7H,1H3,(H,16,22)(H,18,19,20). The molecule has 0 aliphatic carbocycles. The molecule has 22 heavy (non-hydrogen) atoms. The molecule has 0 radical (unpaired) electrons. The lowest BCUT2D eigenvalue weighted by atomic mass is 10.3. The SMILES string of the molecule is CNC(=O)c1ccc(Nc2ncnc3ccc(Cl)nc23)cn1. The predicted molar refractivity (Wildman–Crippen MR) is 83.3 cm³/mol. The fourth-order valence-electron chi connectivity index (χ4n) is 1.87. The summed E-state index contributed by atoms with van der Waals surface area (Å²) < 4.78 is 0. The van der Waals surface area contributed by atoms with Gasteiger partial charge in [0.2, 0.25) is 0 Å². The van der Waals surface area contributed by atoms with Crippen molar-refractivity contribution in [1.29, 1.82) is 0 Å². The summed E-state index contributed by atoms with van der Waals surface area (Å²) in [5.74, 6) is 0.273. The van der Waals surface area contributed by atoms with Gasteiger partial charge >= 0.3 is 0 Å². The number of pyridine rings is 2. The molecule has 0 bridgehead atoms. The van der Waals surface area contributed by atoms with Crippen LogP contribution in [0.5, 0.6) is 0 Å². The molecular formula is C14H11ClN6O. The first-order valence-electron chi connectivity index (χ1n) is 6.40. The van der Waals surface area contributed by atoms with Crippen molar-refractivity contribution >= 4 is 40.0 Å². The molecule has 0 aliphatic heterocycles. The second-order valence-corrected chi connectivity index (χ2v) is 4.75. The van der Waals surface area contributed by atoms with E-state index < -0.39 is 0 Å². The van der Waals surface area contributed by atoms with Crippen LogP contribution in [0.15, 0.2) is 36.8 Å². The number of carbonyl (C=O) groups is 1. The molecule has 3 heterocycles.